The van der Waals surface area contributed by atoms with E-state index >= 15 is 0 Å². The summed E-state index contributed by atoms with van der Waals surface area (Å²) in [6, 6.07) is 5.70. The highest BCUT2D eigenvalue weighted by molar-refractivity contribution is 5.74. The van der Waals surface area contributed by atoms with Gasteiger partial charge in [0.25, 0.3) is 0 Å². The van der Waals surface area contributed by atoms with Gasteiger partial charge in [0.1, 0.15) is 11.5 Å². The molecule has 0 aromatic carbocycles. The SMILES string of the molecule is CCOC(=O)C1CCN(c2nc(-c3ccccn3)nc3c2CN(C(C)=O)CC3)CC1. The standard InChI is InChI=1S/C22H27N5O3/c1-3-30-22(29)16-7-11-26(12-8-16)21-17-14-27(15(2)28)13-9-18(17)24-20(25-21)19-6-4-5-10-23-19/h4-6,10,16H,3,7-9,11-14H2,1-2H3. The highest BCUT2D eigenvalue weighted by atomic mass is 16.5. The Kier molecular flexibility index (Phi) is 5.92. The first-order valence-electron chi connectivity index (χ1n) is 10.5. The number of aromatic nitrogens is 3. The Labute approximate surface area is 176 Å². The number of hydrogen-bond acceptors (Lipinski definition) is 7. The maximum absolute atomic E-state index is 12.1. The second kappa shape index (κ2) is 8.77. The molecule has 1 fully saturated rings. The van der Waals surface area contributed by atoms with E-state index in [1.54, 1.807) is 13.1 Å². The molecule has 0 saturated carbocycles. The average molecular weight is 409 g/mol. The van der Waals surface area contributed by atoms with Crippen molar-refractivity contribution in [3.8, 4) is 11.5 Å². The minimum absolute atomic E-state index is 0.0569. The Hall–Kier alpha value is -3.03. The average Bonchev–Trinajstić information content (AvgIpc) is 2.78. The van der Waals surface area contributed by atoms with Crippen LogP contribution in [0.25, 0.3) is 11.5 Å². The predicted molar refractivity (Wildman–Crippen MR) is 112 cm³/mol. The highest BCUT2D eigenvalue weighted by Gasteiger charge is 2.31. The van der Waals surface area contributed by atoms with Crippen molar-refractivity contribution < 1.29 is 14.3 Å². The fourth-order valence-electron chi connectivity index (χ4n) is 4.12. The number of anilines is 1. The first kappa shape index (κ1) is 20.3. The van der Waals surface area contributed by atoms with Gasteiger partial charge in [-0.2, -0.15) is 0 Å². The van der Waals surface area contributed by atoms with Gasteiger partial charge in [-0.3, -0.25) is 14.6 Å². The molecular weight excluding hydrogens is 382 g/mol. The summed E-state index contributed by atoms with van der Waals surface area (Å²) < 4.78 is 5.19. The van der Waals surface area contributed by atoms with E-state index in [9.17, 15) is 9.59 Å². The normalized spacial score (nSPS) is 16.9. The van der Waals surface area contributed by atoms with E-state index < -0.39 is 0 Å². The maximum atomic E-state index is 12.1. The molecular formula is C22H27N5O3. The molecule has 0 atom stereocenters. The van der Waals surface area contributed by atoms with Gasteiger partial charge in [0.05, 0.1) is 24.8 Å². The van der Waals surface area contributed by atoms with Crippen LogP contribution < -0.4 is 4.90 Å². The van der Waals surface area contributed by atoms with Crippen LogP contribution in [0.2, 0.25) is 0 Å². The van der Waals surface area contributed by atoms with E-state index in [2.05, 4.69) is 9.88 Å². The summed E-state index contributed by atoms with van der Waals surface area (Å²) in [5.41, 5.74) is 2.72. The van der Waals surface area contributed by atoms with Gasteiger partial charge in [0.15, 0.2) is 5.82 Å². The lowest BCUT2D eigenvalue weighted by molar-refractivity contribution is -0.148. The molecule has 2 aliphatic heterocycles. The summed E-state index contributed by atoms with van der Waals surface area (Å²) in [4.78, 5) is 42.2. The quantitative estimate of drug-likeness (QED) is 0.716. The lowest BCUT2D eigenvalue weighted by atomic mass is 9.96. The summed E-state index contributed by atoms with van der Waals surface area (Å²) in [7, 11) is 0. The number of fused-ring (bicyclic) bond motifs is 1. The van der Waals surface area contributed by atoms with Crippen LogP contribution in [0, 0.1) is 5.92 Å². The molecule has 2 aliphatic rings. The van der Waals surface area contributed by atoms with Gasteiger partial charge in [0.2, 0.25) is 5.91 Å². The van der Waals surface area contributed by atoms with Crippen molar-refractivity contribution >= 4 is 17.7 Å². The minimum atomic E-state index is -0.112. The number of esters is 1. The van der Waals surface area contributed by atoms with Gasteiger partial charge in [0, 0.05) is 44.7 Å². The largest absolute Gasteiger partial charge is 0.466 e. The van der Waals surface area contributed by atoms with E-state index in [0.29, 0.717) is 45.0 Å². The Balaban J connectivity index is 1.65. The lowest BCUT2D eigenvalue weighted by Crippen LogP contribution is -2.40. The number of rotatable bonds is 4. The van der Waals surface area contributed by atoms with Gasteiger partial charge in [-0.25, -0.2) is 9.97 Å². The van der Waals surface area contributed by atoms with Crippen LogP contribution in [-0.4, -0.2) is 58.0 Å². The van der Waals surface area contributed by atoms with Crippen molar-refractivity contribution in [2.75, 3.05) is 31.1 Å². The van der Waals surface area contributed by atoms with Gasteiger partial charge in [-0.05, 0) is 31.9 Å². The number of nitrogens with zero attached hydrogens (tertiary/aromatic N) is 5. The number of carbonyl (C=O) groups is 2. The molecule has 158 valence electrons. The van der Waals surface area contributed by atoms with Gasteiger partial charge < -0.3 is 14.5 Å². The first-order valence-corrected chi connectivity index (χ1v) is 10.5. The molecule has 8 heteroatoms. The van der Waals surface area contributed by atoms with E-state index in [0.717, 1.165) is 35.6 Å². The zero-order valence-electron chi connectivity index (χ0n) is 17.5. The Morgan fingerprint density at radius 1 is 1.17 bits per heavy atom. The van der Waals surface area contributed by atoms with E-state index in [-0.39, 0.29) is 17.8 Å². The van der Waals surface area contributed by atoms with Crippen molar-refractivity contribution in [2.24, 2.45) is 5.92 Å². The molecule has 30 heavy (non-hydrogen) atoms. The van der Waals surface area contributed by atoms with Gasteiger partial charge in [-0.1, -0.05) is 6.07 Å². The zero-order valence-corrected chi connectivity index (χ0v) is 17.5. The fourth-order valence-corrected chi connectivity index (χ4v) is 4.12. The summed E-state index contributed by atoms with van der Waals surface area (Å²) in [6.07, 6.45) is 3.89. The Morgan fingerprint density at radius 3 is 2.63 bits per heavy atom. The second-order valence-corrected chi connectivity index (χ2v) is 7.71. The molecule has 0 N–H and O–H groups in total. The summed E-state index contributed by atoms with van der Waals surface area (Å²) in [6.45, 7) is 6.44. The summed E-state index contributed by atoms with van der Waals surface area (Å²) in [5, 5.41) is 0. The minimum Gasteiger partial charge on any atom is -0.466 e. The van der Waals surface area contributed by atoms with Crippen molar-refractivity contribution in [2.45, 2.75) is 39.7 Å². The first-order chi connectivity index (χ1) is 14.6. The molecule has 2 aromatic rings. The Bertz CT molecular complexity index is 926. The molecule has 0 spiro atoms. The number of amides is 1. The molecule has 0 radical (unpaired) electrons. The summed E-state index contributed by atoms with van der Waals surface area (Å²) >= 11 is 0. The number of ether oxygens (including phenoxy) is 1. The molecule has 2 aromatic heterocycles. The number of carbonyl (C=O) groups excluding carboxylic acids is 2. The van der Waals surface area contributed by atoms with Crippen molar-refractivity contribution in [3.05, 3.63) is 35.7 Å². The van der Waals surface area contributed by atoms with E-state index in [1.807, 2.05) is 30.0 Å². The van der Waals surface area contributed by atoms with Crippen LogP contribution in [0.5, 0.6) is 0 Å². The smallest absolute Gasteiger partial charge is 0.309 e. The van der Waals surface area contributed by atoms with Crippen molar-refractivity contribution in [3.63, 3.8) is 0 Å². The second-order valence-electron chi connectivity index (χ2n) is 7.71. The third-order valence-electron chi connectivity index (χ3n) is 5.79. The van der Waals surface area contributed by atoms with E-state index in [1.165, 1.54) is 0 Å². The fraction of sp³-hybridized carbons (Fsp3) is 0.500. The number of hydrogen-bond donors (Lipinski definition) is 0. The predicted octanol–water partition coefficient (Wildman–Crippen LogP) is 2.22. The topological polar surface area (TPSA) is 88.5 Å². The van der Waals surface area contributed by atoms with Crippen LogP contribution in [0.3, 0.4) is 0 Å². The molecule has 0 bridgehead atoms. The molecule has 8 nitrogen and oxygen atoms in total. The lowest BCUT2D eigenvalue weighted by Gasteiger charge is -2.36. The van der Waals surface area contributed by atoms with Crippen LogP contribution in [0.15, 0.2) is 24.4 Å². The van der Waals surface area contributed by atoms with Crippen molar-refractivity contribution in [1.82, 2.24) is 19.9 Å². The third-order valence-corrected chi connectivity index (χ3v) is 5.79. The Morgan fingerprint density at radius 2 is 1.97 bits per heavy atom. The van der Waals surface area contributed by atoms with E-state index in [4.69, 9.17) is 14.7 Å². The van der Waals surface area contributed by atoms with Crippen LogP contribution in [0.4, 0.5) is 5.82 Å². The monoisotopic (exact) mass is 409 g/mol. The maximum Gasteiger partial charge on any atom is 0.309 e. The van der Waals surface area contributed by atoms with Crippen LogP contribution in [0.1, 0.15) is 37.9 Å². The molecule has 1 saturated heterocycles. The molecule has 0 aliphatic carbocycles. The molecule has 1 amide bonds. The van der Waals surface area contributed by atoms with Crippen LogP contribution in [-0.2, 0) is 27.3 Å². The van der Waals surface area contributed by atoms with Crippen LogP contribution >= 0.6 is 0 Å². The van der Waals surface area contributed by atoms with Crippen molar-refractivity contribution in [1.29, 1.82) is 0 Å². The molecule has 4 rings (SSSR count). The number of piperidine rings is 1. The number of pyridine rings is 1. The van der Waals surface area contributed by atoms with Gasteiger partial charge in [-0.15, -0.1) is 0 Å². The van der Waals surface area contributed by atoms with Gasteiger partial charge >= 0.3 is 5.97 Å². The highest BCUT2D eigenvalue weighted by Crippen LogP contribution is 2.32. The summed E-state index contributed by atoms with van der Waals surface area (Å²) in [5.74, 6) is 1.34. The molecule has 4 heterocycles. The third kappa shape index (κ3) is 4.13. The molecule has 0 unspecified atom stereocenters. The zero-order chi connectivity index (χ0) is 21.1.